The highest BCUT2D eigenvalue weighted by molar-refractivity contribution is 7.89. The number of aromatic carboxylic acids is 1. The Bertz CT molecular complexity index is 761. The molecule has 0 atom stereocenters. The summed E-state index contributed by atoms with van der Waals surface area (Å²) in [5, 5.41) is 14.8. The van der Waals surface area contributed by atoms with Crippen LogP contribution in [0.25, 0.3) is 0 Å². The monoisotopic (exact) mass is 313 g/mol. The summed E-state index contributed by atoms with van der Waals surface area (Å²) in [6.07, 6.45) is 3.77. The molecule has 0 saturated carbocycles. The van der Waals surface area contributed by atoms with E-state index < -0.39 is 21.7 Å². The van der Waals surface area contributed by atoms with Crippen molar-refractivity contribution in [3.63, 3.8) is 0 Å². The average Bonchev–Trinajstić information content (AvgIpc) is 2.96. The molecular formula is C11H15N5O4S. The van der Waals surface area contributed by atoms with E-state index >= 15 is 0 Å². The second-order valence-corrected chi connectivity index (χ2v) is 6.14. The molecule has 0 amide bonds. The van der Waals surface area contributed by atoms with Crippen LogP contribution in [0.4, 0.5) is 0 Å². The summed E-state index contributed by atoms with van der Waals surface area (Å²) in [6, 6.07) is 0. The minimum atomic E-state index is -3.95. The zero-order valence-corrected chi connectivity index (χ0v) is 12.3. The topological polar surface area (TPSA) is 130 Å². The third kappa shape index (κ3) is 3.11. The van der Waals surface area contributed by atoms with Gasteiger partial charge in [0, 0.05) is 32.4 Å². The maximum absolute atomic E-state index is 12.2. The van der Waals surface area contributed by atoms with Gasteiger partial charge >= 0.3 is 5.97 Å². The van der Waals surface area contributed by atoms with Crippen molar-refractivity contribution in [1.29, 1.82) is 0 Å². The first-order valence-electron chi connectivity index (χ1n) is 6.07. The molecule has 0 fully saturated rings. The smallest absolute Gasteiger partial charge is 0.357 e. The Morgan fingerprint density at radius 2 is 2.24 bits per heavy atom. The molecule has 3 N–H and O–H groups in total. The molecule has 2 heterocycles. The predicted molar refractivity (Wildman–Crippen MR) is 72.4 cm³/mol. The molecule has 0 saturated heterocycles. The lowest BCUT2D eigenvalue weighted by atomic mass is 10.4. The Hall–Kier alpha value is -2.20. The van der Waals surface area contributed by atoms with Gasteiger partial charge in [-0.2, -0.15) is 5.10 Å². The van der Waals surface area contributed by atoms with E-state index in [-0.39, 0.29) is 17.1 Å². The standard InChI is InChI=1S/C11H15N5O4S/c1-7-10(9(11(17)18)15-14-7)21(19,20)13-4-3-8-12-5-6-16(8)2/h5-6,13H,3-4H2,1-2H3,(H,14,15)(H,17,18). The van der Waals surface area contributed by atoms with Crippen LogP contribution < -0.4 is 4.72 Å². The largest absolute Gasteiger partial charge is 0.476 e. The minimum absolute atomic E-state index is 0.108. The van der Waals surface area contributed by atoms with Crippen molar-refractivity contribution in [2.24, 2.45) is 7.05 Å². The van der Waals surface area contributed by atoms with Crippen molar-refractivity contribution in [2.75, 3.05) is 6.54 Å². The quantitative estimate of drug-likeness (QED) is 0.669. The van der Waals surface area contributed by atoms with Crippen LogP contribution in [-0.2, 0) is 23.5 Å². The molecule has 0 aliphatic carbocycles. The molecule has 0 bridgehead atoms. The molecule has 0 aromatic carbocycles. The molecule has 0 radical (unpaired) electrons. The number of aromatic amines is 1. The summed E-state index contributed by atoms with van der Waals surface area (Å²) >= 11 is 0. The Balaban J connectivity index is 2.14. The Morgan fingerprint density at radius 3 is 2.81 bits per heavy atom. The van der Waals surface area contributed by atoms with Crippen molar-refractivity contribution in [2.45, 2.75) is 18.2 Å². The number of hydrogen-bond acceptors (Lipinski definition) is 5. The molecule has 2 aromatic heterocycles. The van der Waals surface area contributed by atoms with Gasteiger partial charge < -0.3 is 9.67 Å². The number of hydrogen-bond donors (Lipinski definition) is 3. The normalized spacial score (nSPS) is 11.7. The molecule has 0 unspecified atom stereocenters. The first kappa shape index (κ1) is 15.2. The van der Waals surface area contributed by atoms with Crippen molar-refractivity contribution in [3.8, 4) is 0 Å². The first-order chi connectivity index (χ1) is 9.83. The molecule has 0 aliphatic heterocycles. The summed E-state index contributed by atoms with van der Waals surface area (Å²) in [4.78, 5) is 14.7. The van der Waals surface area contributed by atoms with Gasteiger partial charge in [0.2, 0.25) is 10.0 Å². The summed E-state index contributed by atoms with van der Waals surface area (Å²) in [5.74, 6) is -0.677. The summed E-state index contributed by atoms with van der Waals surface area (Å²) < 4.78 is 28.5. The van der Waals surface area contributed by atoms with Crippen LogP contribution in [0.1, 0.15) is 22.0 Å². The molecule has 114 valence electrons. The summed E-state index contributed by atoms with van der Waals surface area (Å²) in [7, 11) is -2.15. The highest BCUT2D eigenvalue weighted by Crippen LogP contribution is 2.17. The van der Waals surface area contributed by atoms with Gasteiger partial charge in [0.1, 0.15) is 10.7 Å². The molecule has 21 heavy (non-hydrogen) atoms. The van der Waals surface area contributed by atoms with E-state index in [1.54, 1.807) is 24.0 Å². The molecule has 0 aliphatic rings. The van der Waals surface area contributed by atoms with Crippen LogP contribution in [-0.4, -0.2) is 45.8 Å². The first-order valence-corrected chi connectivity index (χ1v) is 7.55. The Morgan fingerprint density at radius 1 is 1.52 bits per heavy atom. The number of aromatic nitrogens is 4. The van der Waals surface area contributed by atoms with Crippen LogP contribution in [0.15, 0.2) is 17.3 Å². The van der Waals surface area contributed by atoms with Crippen molar-refractivity contribution >= 4 is 16.0 Å². The zero-order chi connectivity index (χ0) is 15.6. The van der Waals surface area contributed by atoms with Gasteiger partial charge in [-0.3, -0.25) is 5.10 Å². The third-order valence-electron chi connectivity index (χ3n) is 2.92. The number of rotatable bonds is 6. The van der Waals surface area contributed by atoms with Gasteiger partial charge in [-0.1, -0.05) is 0 Å². The lowest BCUT2D eigenvalue weighted by Crippen LogP contribution is -2.28. The number of carbonyl (C=O) groups is 1. The van der Waals surface area contributed by atoms with E-state index in [0.29, 0.717) is 6.42 Å². The predicted octanol–water partition coefficient (Wildman–Crippen LogP) is -0.329. The number of nitrogens with zero attached hydrogens (tertiary/aromatic N) is 3. The number of nitrogens with one attached hydrogen (secondary N) is 2. The van der Waals surface area contributed by atoms with Crippen LogP contribution in [0.2, 0.25) is 0 Å². The molecular weight excluding hydrogens is 298 g/mol. The number of carboxylic acids is 1. The lowest BCUT2D eigenvalue weighted by Gasteiger charge is -2.07. The van der Waals surface area contributed by atoms with Crippen molar-refractivity contribution in [3.05, 3.63) is 29.6 Å². The highest BCUT2D eigenvalue weighted by atomic mass is 32.2. The van der Waals surface area contributed by atoms with Gasteiger partial charge in [0.25, 0.3) is 0 Å². The number of imidazole rings is 1. The van der Waals surface area contributed by atoms with E-state index in [2.05, 4.69) is 19.9 Å². The van der Waals surface area contributed by atoms with Gasteiger partial charge in [-0.25, -0.2) is 22.9 Å². The zero-order valence-electron chi connectivity index (χ0n) is 11.5. The maximum atomic E-state index is 12.2. The van der Waals surface area contributed by atoms with Crippen LogP contribution >= 0.6 is 0 Å². The fourth-order valence-electron chi connectivity index (χ4n) is 1.90. The number of carboxylic acid groups (broad SMARTS) is 1. The highest BCUT2D eigenvalue weighted by Gasteiger charge is 2.27. The van der Waals surface area contributed by atoms with Gasteiger partial charge in [-0.15, -0.1) is 0 Å². The van der Waals surface area contributed by atoms with E-state index in [4.69, 9.17) is 5.11 Å². The average molecular weight is 313 g/mol. The summed E-state index contributed by atoms with van der Waals surface area (Å²) in [5.41, 5.74) is -0.339. The van der Waals surface area contributed by atoms with Gasteiger partial charge in [-0.05, 0) is 6.92 Å². The van der Waals surface area contributed by atoms with Gasteiger partial charge in [0.05, 0.1) is 5.69 Å². The third-order valence-corrected chi connectivity index (χ3v) is 4.55. The Labute approximate surface area is 121 Å². The van der Waals surface area contributed by atoms with Crippen molar-refractivity contribution < 1.29 is 18.3 Å². The molecule has 9 nitrogen and oxygen atoms in total. The Kier molecular flexibility index (Phi) is 4.09. The van der Waals surface area contributed by atoms with Crippen LogP contribution in [0, 0.1) is 6.92 Å². The molecule has 2 aromatic rings. The van der Waals surface area contributed by atoms with E-state index in [1.165, 1.54) is 6.92 Å². The van der Waals surface area contributed by atoms with Crippen molar-refractivity contribution in [1.82, 2.24) is 24.5 Å². The second-order valence-electron chi connectivity index (χ2n) is 4.43. The number of aryl methyl sites for hydroxylation is 2. The maximum Gasteiger partial charge on any atom is 0.357 e. The van der Waals surface area contributed by atoms with Crippen LogP contribution in [0.3, 0.4) is 0 Å². The van der Waals surface area contributed by atoms with E-state index in [9.17, 15) is 13.2 Å². The lowest BCUT2D eigenvalue weighted by molar-refractivity contribution is 0.0686. The van der Waals surface area contributed by atoms with Gasteiger partial charge in [0.15, 0.2) is 5.69 Å². The number of sulfonamides is 1. The molecule has 0 spiro atoms. The van der Waals surface area contributed by atoms with Crippen LogP contribution in [0.5, 0.6) is 0 Å². The second kappa shape index (κ2) is 5.66. The SMILES string of the molecule is Cc1[nH]nc(C(=O)O)c1S(=O)(=O)NCCc1nccn1C. The fraction of sp³-hybridized carbons (Fsp3) is 0.364. The molecule has 2 rings (SSSR count). The molecule has 10 heteroatoms. The number of H-pyrrole nitrogens is 1. The van der Waals surface area contributed by atoms with E-state index in [0.717, 1.165) is 5.82 Å². The summed E-state index contributed by atoms with van der Waals surface area (Å²) in [6.45, 7) is 1.56. The van der Waals surface area contributed by atoms with E-state index in [1.807, 2.05) is 0 Å². The minimum Gasteiger partial charge on any atom is -0.476 e. The fourth-order valence-corrected chi connectivity index (χ4v) is 3.25.